The second-order valence-electron chi connectivity index (χ2n) is 8.08. The predicted molar refractivity (Wildman–Crippen MR) is 120 cm³/mol. The van der Waals surface area contributed by atoms with Crippen LogP contribution in [0.25, 0.3) is 0 Å². The quantitative estimate of drug-likeness (QED) is 0.622. The van der Waals surface area contributed by atoms with Gasteiger partial charge in [-0.2, -0.15) is 0 Å². The molecule has 2 aromatic carbocycles. The molecule has 2 aliphatic rings. The number of esters is 1. The number of hydrogen-bond donors (Lipinski definition) is 0. The molecule has 4 rings (SSSR count). The second kappa shape index (κ2) is 10.2. The number of carbonyl (C=O) groups excluding carboxylic acids is 2. The van der Waals surface area contributed by atoms with E-state index in [1.165, 1.54) is 19.2 Å². The highest BCUT2D eigenvalue weighted by molar-refractivity contribution is 5.92. The minimum atomic E-state index is -0.615. The highest BCUT2D eigenvalue weighted by atomic mass is 19.1. The number of carbonyl (C=O) groups is 2. The van der Waals surface area contributed by atoms with E-state index < -0.39 is 11.8 Å². The van der Waals surface area contributed by atoms with Crippen LogP contribution in [-0.2, 0) is 16.0 Å². The third-order valence-corrected chi connectivity index (χ3v) is 6.12. The first-order valence-electron chi connectivity index (χ1n) is 10.9. The zero-order valence-corrected chi connectivity index (χ0v) is 18.8. The van der Waals surface area contributed by atoms with Crippen molar-refractivity contribution < 1.29 is 28.2 Å². The van der Waals surface area contributed by atoms with Crippen LogP contribution < -0.4 is 9.64 Å². The summed E-state index contributed by atoms with van der Waals surface area (Å²) in [5.41, 5.74) is 1.02. The summed E-state index contributed by atoms with van der Waals surface area (Å²) in [5, 5.41) is 0. The fourth-order valence-electron chi connectivity index (χ4n) is 4.02. The Hall–Kier alpha value is -3.17. The van der Waals surface area contributed by atoms with Crippen molar-refractivity contribution in [1.82, 2.24) is 9.80 Å². The molecule has 0 radical (unpaired) electrons. The Bertz CT molecular complexity index is 1010. The van der Waals surface area contributed by atoms with Crippen molar-refractivity contribution in [1.29, 1.82) is 0 Å². The largest absolute Gasteiger partial charge is 0.497 e. The summed E-state index contributed by atoms with van der Waals surface area (Å²) in [4.78, 5) is 31.0. The average Bonchev–Trinajstić information content (AvgIpc) is 2.81. The molecule has 0 aliphatic carbocycles. The van der Waals surface area contributed by atoms with Crippen LogP contribution in [0.5, 0.6) is 5.75 Å². The molecule has 2 saturated heterocycles. The number of anilines is 1. The Labute approximate surface area is 192 Å². The summed E-state index contributed by atoms with van der Waals surface area (Å²) in [7, 11) is 2.80. The second-order valence-corrected chi connectivity index (χ2v) is 8.08. The van der Waals surface area contributed by atoms with Crippen molar-refractivity contribution in [2.45, 2.75) is 12.6 Å². The summed E-state index contributed by atoms with van der Waals surface area (Å²) in [5.74, 6) is -0.592. The van der Waals surface area contributed by atoms with Gasteiger partial charge in [0, 0.05) is 43.5 Å². The number of nitrogens with zero attached hydrogens (tertiary/aromatic N) is 3. The van der Waals surface area contributed by atoms with Crippen LogP contribution in [0.1, 0.15) is 15.9 Å². The van der Waals surface area contributed by atoms with Gasteiger partial charge in [0.2, 0.25) is 0 Å². The van der Waals surface area contributed by atoms with Gasteiger partial charge in [0.1, 0.15) is 11.6 Å². The standard InChI is InChI=1S/C24H28FN3O5/c1-31-21-5-3-4-19(13-21)28(14-18-7-6-17(12-22(18)25)23(29)32-2)24(30)27-10-8-26(9-11-27)20-15-33-16-20/h3-7,12-13,20H,8-11,14-16H2,1-2H3. The molecular weight excluding hydrogens is 429 g/mol. The first-order chi connectivity index (χ1) is 16.0. The minimum Gasteiger partial charge on any atom is -0.497 e. The van der Waals surface area contributed by atoms with Crippen LogP contribution in [0.4, 0.5) is 14.9 Å². The van der Waals surface area contributed by atoms with Gasteiger partial charge >= 0.3 is 12.0 Å². The maximum absolute atomic E-state index is 14.9. The SMILES string of the molecule is COC(=O)c1ccc(CN(C(=O)N2CCN(C3COC3)CC2)c2cccc(OC)c2)c(F)c1. The lowest BCUT2D eigenvalue weighted by Crippen LogP contribution is -2.59. The molecule has 2 aromatic rings. The molecule has 9 heteroatoms. The lowest BCUT2D eigenvalue weighted by molar-refractivity contribution is -0.0738. The summed E-state index contributed by atoms with van der Waals surface area (Å²) in [6, 6.07) is 11.5. The van der Waals surface area contributed by atoms with Gasteiger partial charge in [0.15, 0.2) is 0 Å². The lowest BCUT2D eigenvalue weighted by atomic mass is 10.1. The van der Waals surface area contributed by atoms with E-state index in [-0.39, 0.29) is 18.1 Å². The number of benzene rings is 2. The maximum Gasteiger partial charge on any atom is 0.337 e. The number of hydrogen-bond acceptors (Lipinski definition) is 6. The molecule has 0 spiro atoms. The number of amides is 2. The molecule has 0 saturated carbocycles. The van der Waals surface area contributed by atoms with E-state index in [4.69, 9.17) is 9.47 Å². The minimum absolute atomic E-state index is 0.00989. The fraction of sp³-hybridized carbons (Fsp3) is 0.417. The zero-order valence-electron chi connectivity index (χ0n) is 18.8. The molecule has 0 bridgehead atoms. The topological polar surface area (TPSA) is 71.6 Å². The first-order valence-corrected chi connectivity index (χ1v) is 10.9. The van der Waals surface area contributed by atoms with Gasteiger partial charge in [0.25, 0.3) is 0 Å². The van der Waals surface area contributed by atoms with E-state index in [0.717, 1.165) is 32.4 Å². The van der Waals surface area contributed by atoms with Crippen molar-refractivity contribution in [2.24, 2.45) is 0 Å². The zero-order chi connectivity index (χ0) is 23.4. The number of halogens is 1. The van der Waals surface area contributed by atoms with Gasteiger partial charge in [0.05, 0.1) is 45.6 Å². The maximum atomic E-state index is 14.9. The van der Waals surface area contributed by atoms with Crippen molar-refractivity contribution in [3.05, 3.63) is 59.4 Å². The van der Waals surface area contributed by atoms with E-state index in [1.54, 1.807) is 41.2 Å². The fourth-order valence-corrected chi connectivity index (χ4v) is 4.02. The van der Waals surface area contributed by atoms with Crippen molar-refractivity contribution in [3.8, 4) is 5.75 Å². The number of ether oxygens (including phenoxy) is 3. The Morgan fingerprint density at radius 3 is 2.45 bits per heavy atom. The average molecular weight is 458 g/mol. The molecule has 176 valence electrons. The molecule has 33 heavy (non-hydrogen) atoms. The highest BCUT2D eigenvalue weighted by Gasteiger charge is 2.32. The van der Waals surface area contributed by atoms with E-state index in [0.29, 0.717) is 36.1 Å². The van der Waals surface area contributed by atoms with Crippen molar-refractivity contribution in [2.75, 3.05) is 58.5 Å². The van der Waals surface area contributed by atoms with Crippen LogP contribution in [0.2, 0.25) is 0 Å². The molecule has 2 aliphatic heterocycles. The number of methoxy groups -OCH3 is 2. The summed E-state index contributed by atoms with van der Waals surface area (Å²) in [6.07, 6.45) is 0. The number of piperazine rings is 1. The van der Waals surface area contributed by atoms with Gasteiger partial charge in [-0.25, -0.2) is 14.0 Å². The molecule has 0 aromatic heterocycles. The molecule has 2 amide bonds. The molecule has 0 unspecified atom stereocenters. The highest BCUT2D eigenvalue weighted by Crippen LogP contribution is 2.26. The molecule has 2 fully saturated rings. The summed E-state index contributed by atoms with van der Waals surface area (Å²) >= 11 is 0. The normalized spacial score (nSPS) is 16.8. The van der Waals surface area contributed by atoms with Crippen molar-refractivity contribution in [3.63, 3.8) is 0 Å². The van der Waals surface area contributed by atoms with Crippen LogP contribution in [0.15, 0.2) is 42.5 Å². The van der Waals surface area contributed by atoms with Crippen LogP contribution in [0, 0.1) is 5.82 Å². The molecular formula is C24H28FN3O5. The van der Waals surface area contributed by atoms with Crippen LogP contribution in [0.3, 0.4) is 0 Å². The van der Waals surface area contributed by atoms with Gasteiger partial charge in [-0.05, 0) is 24.3 Å². The van der Waals surface area contributed by atoms with Gasteiger partial charge in [-0.15, -0.1) is 0 Å². The Balaban J connectivity index is 1.56. The van der Waals surface area contributed by atoms with E-state index >= 15 is 0 Å². The molecule has 2 heterocycles. The first kappa shape index (κ1) is 23.0. The smallest absolute Gasteiger partial charge is 0.337 e. The monoisotopic (exact) mass is 457 g/mol. The third-order valence-electron chi connectivity index (χ3n) is 6.12. The summed E-state index contributed by atoms with van der Waals surface area (Å²) in [6.45, 7) is 4.20. The van der Waals surface area contributed by atoms with Crippen molar-refractivity contribution >= 4 is 17.7 Å². The third kappa shape index (κ3) is 5.09. The number of rotatable bonds is 6. The lowest BCUT2D eigenvalue weighted by Gasteiger charge is -2.43. The Kier molecular flexibility index (Phi) is 7.10. The van der Waals surface area contributed by atoms with E-state index in [1.807, 2.05) is 0 Å². The summed E-state index contributed by atoms with van der Waals surface area (Å²) < 4.78 is 30.1. The molecule has 8 nitrogen and oxygen atoms in total. The van der Waals surface area contributed by atoms with E-state index in [9.17, 15) is 14.0 Å². The van der Waals surface area contributed by atoms with Crippen LogP contribution >= 0.6 is 0 Å². The van der Waals surface area contributed by atoms with E-state index in [2.05, 4.69) is 9.64 Å². The number of urea groups is 1. The van der Waals surface area contributed by atoms with Gasteiger partial charge in [-0.3, -0.25) is 9.80 Å². The Morgan fingerprint density at radius 2 is 1.85 bits per heavy atom. The molecule has 0 atom stereocenters. The van der Waals surface area contributed by atoms with Crippen LogP contribution in [-0.4, -0.2) is 81.5 Å². The molecule has 0 N–H and O–H groups in total. The predicted octanol–water partition coefficient (Wildman–Crippen LogP) is 2.76. The Morgan fingerprint density at radius 1 is 1.09 bits per heavy atom. The van der Waals surface area contributed by atoms with Gasteiger partial charge in [-0.1, -0.05) is 12.1 Å². The van der Waals surface area contributed by atoms with Gasteiger partial charge < -0.3 is 19.1 Å².